The Hall–Kier alpha value is -2.22. The first-order valence-electron chi connectivity index (χ1n) is 11.3. The molecule has 2 unspecified atom stereocenters. The van der Waals surface area contributed by atoms with Crippen LogP contribution in [0, 0.1) is 0 Å². The molecule has 0 bridgehead atoms. The molecular formula is C25H32N2O4S. The summed E-state index contributed by atoms with van der Waals surface area (Å²) in [6, 6.07) is 16.6. The van der Waals surface area contributed by atoms with Gasteiger partial charge in [0.2, 0.25) is 10.0 Å². The highest BCUT2D eigenvalue weighted by molar-refractivity contribution is 7.89. The van der Waals surface area contributed by atoms with Gasteiger partial charge in [-0.1, -0.05) is 42.5 Å². The van der Waals surface area contributed by atoms with Crippen LogP contribution < -0.4 is 5.32 Å². The Balaban J connectivity index is 1.49. The lowest BCUT2D eigenvalue weighted by molar-refractivity contribution is 0.0934. The van der Waals surface area contributed by atoms with Gasteiger partial charge in [0, 0.05) is 23.7 Å². The lowest BCUT2D eigenvalue weighted by atomic mass is 9.94. The molecular weight excluding hydrogens is 424 g/mol. The molecule has 1 aliphatic carbocycles. The highest BCUT2D eigenvalue weighted by Gasteiger charge is 2.46. The van der Waals surface area contributed by atoms with Crippen molar-refractivity contribution in [1.82, 2.24) is 9.62 Å². The standard InChI is InChI=1S/C25H32N2O4S/c1-25(2)15-14-23(19-6-4-3-5-7-19)32(30,31)27(25)17-18-8-10-20(11-9-18)24(29)26-21-12-13-22(28)16-21/h3-11,21-23,28H,12-17H2,1-2H3,(H,26,29)/t21?,22?,23-/m1/s1. The Morgan fingerprint density at radius 3 is 2.38 bits per heavy atom. The van der Waals surface area contributed by atoms with Crippen LogP contribution in [0.1, 0.15) is 72.7 Å². The summed E-state index contributed by atoms with van der Waals surface area (Å²) < 4.78 is 28.8. The number of aliphatic hydroxyl groups excluding tert-OH is 1. The van der Waals surface area contributed by atoms with E-state index in [0.29, 0.717) is 24.8 Å². The largest absolute Gasteiger partial charge is 0.393 e. The molecule has 2 N–H and O–H groups in total. The number of hydrogen-bond donors (Lipinski definition) is 2. The number of sulfonamides is 1. The quantitative estimate of drug-likeness (QED) is 0.717. The minimum absolute atomic E-state index is 0.00592. The number of benzene rings is 2. The zero-order valence-corrected chi connectivity index (χ0v) is 19.5. The first kappa shape index (κ1) is 23.0. The van der Waals surface area contributed by atoms with Crippen molar-refractivity contribution < 1.29 is 18.3 Å². The molecule has 6 nitrogen and oxygen atoms in total. The van der Waals surface area contributed by atoms with E-state index in [9.17, 15) is 18.3 Å². The topological polar surface area (TPSA) is 86.7 Å². The monoisotopic (exact) mass is 456 g/mol. The van der Waals surface area contributed by atoms with Crippen molar-refractivity contribution in [3.8, 4) is 0 Å². The van der Waals surface area contributed by atoms with Crippen molar-refractivity contribution in [1.29, 1.82) is 0 Å². The third-order valence-electron chi connectivity index (χ3n) is 6.81. The summed E-state index contributed by atoms with van der Waals surface area (Å²) in [6.45, 7) is 4.22. The van der Waals surface area contributed by atoms with Crippen LogP contribution in [0.5, 0.6) is 0 Å². The van der Waals surface area contributed by atoms with Gasteiger partial charge >= 0.3 is 0 Å². The highest BCUT2D eigenvalue weighted by atomic mass is 32.2. The molecule has 1 heterocycles. The molecule has 1 saturated carbocycles. The molecule has 2 aromatic rings. The molecule has 2 aromatic carbocycles. The Morgan fingerprint density at radius 2 is 1.75 bits per heavy atom. The van der Waals surface area contributed by atoms with Crippen LogP contribution in [0.2, 0.25) is 0 Å². The Morgan fingerprint density at radius 1 is 1.06 bits per heavy atom. The number of carbonyl (C=O) groups is 1. The number of amides is 1. The lowest BCUT2D eigenvalue weighted by Crippen LogP contribution is -2.52. The van der Waals surface area contributed by atoms with E-state index >= 15 is 0 Å². The Kier molecular flexibility index (Phi) is 6.43. The van der Waals surface area contributed by atoms with Gasteiger partial charge in [-0.25, -0.2) is 8.42 Å². The van der Waals surface area contributed by atoms with Gasteiger partial charge in [-0.3, -0.25) is 4.79 Å². The molecule has 1 saturated heterocycles. The van der Waals surface area contributed by atoms with Crippen molar-refractivity contribution in [2.75, 3.05) is 0 Å². The lowest BCUT2D eigenvalue weighted by Gasteiger charge is -2.44. The van der Waals surface area contributed by atoms with Gasteiger partial charge in [0.05, 0.1) is 6.10 Å². The van der Waals surface area contributed by atoms with E-state index in [1.54, 1.807) is 16.4 Å². The Bertz CT molecular complexity index is 1050. The van der Waals surface area contributed by atoms with E-state index in [4.69, 9.17) is 0 Å². The number of rotatable bonds is 5. The number of nitrogens with zero attached hydrogens (tertiary/aromatic N) is 1. The molecule has 4 rings (SSSR count). The molecule has 0 radical (unpaired) electrons. The van der Waals surface area contributed by atoms with Crippen molar-refractivity contribution in [2.24, 2.45) is 0 Å². The van der Waals surface area contributed by atoms with Gasteiger partial charge in [-0.15, -0.1) is 0 Å². The van der Waals surface area contributed by atoms with Gasteiger partial charge in [0.15, 0.2) is 0 Å². The van der Waals surface area contributed by atoms with E-state index in [0.717, 1.165) is 24.0 Å². The molecule has 0 aromatic heterocycles. The zero-order valence-electron chi connectivity index (χ0n) is 18.7. The van der Waals surface area contributed by atoms with Crippen molar-refractivity contribution in [2.45, 2.75) is 75.4 Å². The van der Waals surface area contributed by atoms with Crippen LogP contribution in [-0.2, 0) is 16.6 Å². The van der Waals surface area contributed by atoms with Crippen LogP contribution >= 0.6 is 0 Å². The van der Waals surface area contributed by atoms with E-state index in [2.05, 4.69) is 5.32 Å². The first-order valence-corrected chi connectivity index (χ1v) is 12.8. The zero-order chi connectivity index (χ0) is 22.9. The molecule has 172 valence electrons. The molecule has 1 aliphatic heterocycles. The summed E-state index contributed by atoms with van der Waals surface area (Å²) >= 11 is 0. The second kappa shape index (κ2) is 8.96. The molecule has 7 heteroatoms. The maximum atomic E-state index is 13.6. The number of hydrogen-bond acceptors (Lipinski definition) is 4. The fraction of sp³-hybridized carbons (Fsp3) is 0.480. The summed E-state index contributed by atoms with van der Waals surface area (Å²) in [6.07, 6.45) is 3.14. The van der Waals surface area contributed by atoms with E-state index in [1.807, 2.05) is 56.3 Å². The van der Waals surface area contributed by atoms with Crippen LogP contribution in [-0.4, -0.2) is 41.4 Å². The molecule has 1 amide bonds. The van der Waals surface area contributed by atoms with Crippen molar-refractivity contribution in [3.05, 3.63) is 71.3 Å². The second-order valence-electron chi connectivity index (χ2n) is 9.64. The average Bonchev–Trinajstić information content (AvgIpc) is 3.16. The van der Waals surface area contributed by atoms with Crippen LogP contribution in [0.25, 0.3) is 0 Å². The summed E-state index contributed by atoms with van der Waals surface area (Å²) in [5.74, 6) is -0.161. The highest BCUT2D eigenvalue weighted by Crippen LogP contribution is 2.42. The smallest absolute Gasteiger partial charge is 0.251 e. The molecule has 32 heavy (non-hydrogen) atoms. The van der Waals surface area contributed by atoms with Crippen molar-refractivity contribution in [3.63, 3.8) is 0 Å². The Labute approximate surface area is 190 Å². The fourth-order valence-corrected chi connectivity index (χ4v) is 7.18. The number of aliphatic hydroxyl groups is 1. The van der Waals surface area contributed by atoms with Gasteiger partial charge in [0.25, 0.3) is 5.91 Å². The van der Waals surface area contributed by atoms with Gasteiger partial charge in [-0.2, -0.15) is 4.31 Å². The van der Waals surface area contributed by atoms with Gasteiger partial charge < -0.3 is 10.4 Å². The molecule has 2 aliphatic rings. The van der Waals surface area contributed by atoms with Crippen LogP contribution in [0.15, 0.2) is 54.6 Å². The maximum Gasteiger partial charge on any atom is 0.251 e. The maximum absolute atomic E-state index is 13.6. The molecule has 2 fully saturated rings. The predicted molar refractivity (Wildman–Crippen MR) is 125 cm³/mol. The van der Waals surface area contributed by atoms with E-state index in [-0.39, 0.29) is 24.6 Å². The molecule has 3 atom stereocenters. The second-order valence-corrected chi connectivity index (χ2v) is 11.7. The third kappa shape index (κ3) is 4.75. The summed E-state index contributed by atoms with van der Waals surface area (Å²) in [4.78, 5) is 12.5. The van der Waals surface area contributed by atoms with Gasteiger partial charge in [-0.05, 0) is 69.2 Å². The summed E-state index contributed by atoms with van der Waals surface area (Å²) in [5.41, 5.74) is 1.74. The van der Waals surface area contributed by atoms with Crippen molar-refractivity contribution >= 4 is 15.9 Å². The minimum atomic E-state index is -3.54. The predicted octanol–water partition coefficient (Wildman–Crippen LogP) is 3.78. The molecule has 0 spiro atoms. The van der Waals surface area contributed by atoms with E-state index in [1.165, 1.54) is 0 Å². The van der Waals surface area contributed by atoms with Crippen LogP contribution in [0.4, 0.5) is 0 Å². The van der Waals surface area contributed by atoms with Gasteiger partial charge in [0.1, 0.15) is 5.25 Å². The number of carbonyl (C=O) groups excluding carboxylic acids is 1. The average molecular weight is 457 g/mol. The normalized spacial score (nSPS) is 27.2. The minimum Gasteiger partial charge on any atom is -0.393 e. The van der Waals surface area contributed by atoms with Crippen LogP contribution in [0.3, 0.4) is 0 Å². The number of nitrogens with one attached hydrogen (secondary N) is 1. The summed E-state index contributed by atoms with van der Waals surface area (Å²) in [7, 11) is -3.54. The fourth-order valence-electron chi connectivity index (χ4n) is 4.85. The van der Waals surface area contributed by atoms with E-state index < -0.39 is 20.8 Å². The summed E-state index contributed by atoms with van der Waals surface area (Å²) in [5, 5.41) is 12.1. The third-order valence-corrected chi connectivity index (χ3v) is 9.28. The SMILES string of the molecule is CC1(C)CC[C@H](c2ccccc2)S(=O)(=O)N1Cc1ccc(C(=O)NC2CCC(O)C2)cc1. The first-order chi connectivity index (χ1) is 15.2.